The second-order valence-electron chi connectivity index (χ2n) is 11.0. The first-order valence-electron chi connectivity index (χ1n) is 12.9. The van der Waals surface area contributed by atoms with E-state index in [4.69, 9.17) is 4.43 Å². The maximum Gasteiger partial charge on any atom is 0.256 e. The lowest BCUT2D eigenvalue weighted by Gasteiger charge is -2.49. The van der Waals surface area contributed by atoms with Crippen LogP contribution < -0.4 is 10.4 Å². The molecule has 33 heavy (non-hydrogen) atoms. The predicted octanol–water partition coefficient (Wildman–Crippen LogP) is 6.49. The quantitative estimate of drug-likeness (QED) is 0.400. The van der Waals surface area contributed by atoms with Crippen LogP contribution >= 0.6 is 0 Å². The van der Waals surface area contributed by atoms with E-state index in [9.17, 15) is 0 Å². The lowest BCUT2D eigenvalue weighted by atomic mass is 9.64. The van der Waals surface area contributed by atoms with Crippen molar-refractivity contribution in [2.75, 3.05) is 0 Å². The van der Waals surface area contributed by atoms with Gasteiger partial charge in [-0.1, -0.05) is 112 Å². The van der Waals surface area contributed by atoms with Gasteiger partial charge in [-0.3, -0.25) is 0 Å². The zero-order valence-electron chi connectivity index (χ0n) is 20.5. The van der Waals surface area contributed by atoms with E-state index < -0.39 is 8.32 Å². The summed E-state index contributed by atoms with van der Waals surface area (Å²) in [5, 5.41) is 2.98. The molecule has 0 unspecified atom stereocenters. The van der Waals surface area contributed by atoms with Crippen molar-refractivity contribution in [2.45, 2.75) is 70.4 Å². The minimum absolute atomic E-state index is 0.0898. The molecule has 1 heterocycles. The molecule has 1 aliphatic carbocycles. The highest BCUT2D eigenvalue weighted by Crippen LogP contribution is 2.45. The molecular formula is C31H38OSi. The zero-order valence-corrected chi connectivity index (χ0v) is 21.5. The topological polar surface area (TPSA) is 9.23 Å². The Kier molecular flexibility index (Phi) is 6.33. The Morgan fingerprint density at radius 1 is 0.818 bits per heavy atom. The summed E-state index contributed by atoms with van der Waals surface area (Å²) in [7, 11) is -2.32. The van der Waals surface area contributed by atoms with Gasteiger partial charge < -0.3 is 4.43 Å². The van der Waals surface area contributed by atoms with Crippen LogP contribution in [-0.4, -0.2) is 14.4 Å². The number of fused-ring (bicyclic) bond motifs is 1. The van der Waals surface area contributed by atoms with E-state index in [1.807, 2.05) is 0 Å². The lowest BCUT2D eigenvalue weighted by molar-refractivity contribution is 0.0286. The largest absolute Gasteiger partial charge is 0.405 e. The Bertz CT molecular complexity index is 1060. The van der Waals surface area contributed by atoms with Crippen LogP contribution in [0, 0.1) is 11.8 Å². The van der Waals surface area contributed by atoms with Crippen molar-refractivity contribution in [3.8, 4) is 0 Å². The molecule has 172 valence electrons. The fourth-order valence-corrected chi connectivity index (χ4v) is 11.1. The van der Waals surface area contributed by atoms with E-state index in [0.717, 1.165) is 5.92 Å². The van der Waals surface area contributed by atoms with E-state index in [0.29, 0.717) is 12.0 Å². The number of hydrogen-bond donors (Lipinski definition) is 0. The molecule has 0 bridgehead atoms. The molecule has 3 aromatic rings. The van der Waals surface area contributed by atoms with Gasteiger partial charge in [0.25, 0.3) is 8.32 Å². The molecule has 0 aromatic heterocycles. The first kappa shape index (κ1) is 22.6. The Labute approximate surface area is 201 Å². The summed E-state index contributed by atoms with van der Waals surface area (Å²) < 4.78 is 7.66. The predicted molar refractivity (Wildman–Crippen MR) is 142 cm³/mol. The van der Waals surface area contributed by atoms with Crippen LogP contribution in [0.3, 0.4) is 0 Å². The van der Waals surface area contributed by atoms with Gasteiger partial charge >= 0.3 is 0 Å². The first-order valence-corrected chi connectivity index (χ1v) is 15.0. The van der Waals surface area contributed by atoms with Gasteiger partial charge in [0.1, 0.15) is 0 Å². The van der Waals surface area contributed by atoms with Crippen LogP contribution in [0.5, 0.6) is 0 Å². The van der Waals surface area contributed by atoms with Crippen molar-refractivity contribution in [1.82, 2.24) is 0 Å². The van der Waals surface area contributed by atoms with Crippen LogP contribution in [-0.2, 0) is 16.3 Å². The first-order chi connectivity index (χ1) is 16.0. The normalized spacial score (nSPS) is 27.7. The average molecular weight is 455 g/mol. The third kappa shape index (κ3) is 4.24. The molecule has 0 amide bonds. The summed E-state index contributed by atoms with van der Waals surface area (Å²) in [5.74, 6) is 1.25. The monoisotopic (exact) mass is 454 g/mol. The number of rotatable bonds is 5. The third-order valence-corrected chi connectivity index (χ3v) is 12.9. The summed E-state index contributed by atoms with van der Waals surface area (Å²) >= 11 is 0. The molecule has 0 N–H and O–H groups in total. The Hall–Kier alpha value is -2.16. The van der Waals surface area contributed by atoms with Gasteiger partial charge in [-0.25, -0.2) is 0 Å². The van der Waals surface area contributed by atoms with Crippen LogP contribution in [0.15, 0.2) is 84.9 Å². The molecule has 1 saturated carbocycles. The van der Waals surface area contributed by atoms with Crippen molar-refractivity contribution in [3.05, 3.63) is 96.1 Å². The van der Waals surface area contributed by atoms with Crippen molar-refractivity contribution >= 4 is 18.7 Å². The second-order valence-corrected chi connectivity index (χ2v) is 14.5. The molecule has 0 spiro atoms. The smallest absolute Gasteiger partial charge is 0.256 e. The summed E-state index contributed by atoms with van der Waals surface area (Å²) in [6.07, 6.45) is 6.42. The van der Waals surface area contributed by atoms with Crippen molar-refractivity contribution < 1.29 is 4.43 Å². The van der Waals surface area contributed by atoms with E-state index in [1.54, 1.807) is 0 Å². The molecule has 0 radical (unpaired) electrons. The molecule has 2 aliphatic rings. The molecule has 3 aromatic carbocycles. The van der Waals surface area contributed by atoms with Crippen LogP contribution in [0.4, 0.5) is 0 Å². The molecule has 0 saturated heterocycles. The molecule has 1 nitrogen and oxygen atoms in total. The molecule has 1 fully saturated rings. The van der Waals surface area contributed by atoms with Crippen molar-refractivity contribution in [2.24, 2.45) is 11.8 Å². The standard InChI is InChI=1S/C31H38OSi/c1-24-20-21-28(31(2,3)26-15-6-4-7-16-26)29(23-24)32-33(27-17-8-5-9-18-27)22-12-14-25-13-10-11-19-30(25)33/h4-11,13,15-19,24,28-29H,12,14,20-23H2,1-3H3/t24-,28-,29-,33-/m1/s1. The van der Waals surface area contributed by atoms with Gasteiger partial charge in [-0.15, -0.1) is 0 Å². The molecule has 4 atom stereocenters. The van der Waals surface area contributed by atoms with Gasteiger partial charge in [-0.2, -0.15) is 0 Å². The molecule has 5 rings (SSSR count). The number of benzene rings is 3. The van der Waals surface area contributed by atoms with Gasteiger partial charge in [0, 0.05) is 6.10 Å². The summed E-state index contributed by atoms with van der Waals surface area (Å²) in [5.41, 5.74) is 3.05. The van der Waals surface area contributed by atoms with E-state index in [1.165, 1.54) is 59.6 Å². The minimum Gasteiger partial charge on any atom is -0.405 e. The van der Waals surface area contributed by atoms with Crippen LogP contribution in [0.1, 0.15) is 57.6 Å². The van der Waals surface area contributed by atoms with Gasteiger partial charge in [-0.05, 0) is 70.5 Å². The summed E-state index contributed by atoms with van der Waals surface area (Å²) in [4.78, 5) is 0. The van der Waals surface area contributed by atoms with E-state index in [2.05, 4.69) is 106 Å². The van der Waals surface area contributed by atoms with Crippen LogP contribution in [0.2, 0.25) is 6.04 Å². The second kappa shape index (κ2) is 9.23. The van der Waals surface area contributed by atoms with Crippen molar-refractivity contribution in [1.29, 1.82) is 0 Å². The van der Waals surface area contributed by atoms with Gasteiger partial charge in [0.2, 0.25) is 0 Å². The fraction of sp³-hybridized carbons (Fsp3) is 0.419. The Morgan fingerprint density at radius 2 is 1.48 bits per heavy atom. The Morgan fingerprint density at radius 3 is 2.24 bits per heavy atom. The van der Waals surface area contributed by atoms with Crippen LogP contribution in [0.25, 0.3) is 0 Å². The average Bonchev–Trinajstić information content (AvgIpc) is 2.85. The maximum atomic E-state index is 7.66. The number of aryl methyl sites for hydroxylation is 1. The summed E-state index contributed by atoms with van der Waals surface area (Å²) in [6, 6.07) is 32.8. The SMILES string of the molecule is C[C@@H]1CC[C@@H](C(C)(C)c2ccccc2)[C@H](O[Si@@]2(c3ccccc3)CCCc3ccccc32)C1. The number of hydrogen-bond acceptors (Lipinski definition) is 1. The van der Waals surface area contributed by atoms with E-state index >= 15 is 0 Å². The highest BCUT2D eigenvalue weighted by molar-refractivity contribution is 6.98. The summed E-state index contributed by atoms with van der Waals surface area (Å²) in [6.45, 7) is 7.32. The highest BCUT2D eigenvalue weighted by Gasteiger charge is 2.49. The molecule has 1 aliphatic heterocycles. The fourth-order valence-electron chi connectivity index (χ4n) is 6.62. The minimum atomic E-state index is -2.32. The molecular weight excluding hydrogens is 416 g/mol. The van der Waals surface area contributed by atoms with Crippen molar-refractivity contribution in [3.63, 3.8) is 0 Å². The van der Waals surface area contributed by atoms with E-state index in [-0.39, 0.29) is 5.41 Å². The maximum absolute atomic E-state index is 7.66. The van der Waals surface area contributed by atoms with Gasteiger partial charge in [0.15, 0.2) is 0 Å². The highest BCUT2D eigenvalue weighted by atomic mass is 28.4. The zero-order chi connectivity index (χ0) is 22.9. The van der Waals surface area contributed by atoms with Gasteiger partial charge in [0.05, 0.1) is 0 Å². The lowest BCUT2D eigenvalue weighted by Crippen LogP contribution is -2.66. The third-order valence-electron chi connectivity index (χ3n) is 8.52. The molecule has 2 heteroatoms. The Balaban J connectivity index is 1.59.